The fourth-order valence-corrected chi connectivity index (χ4v) is 3.85. The van der Waals surface area contributed by atoms with Crippen LogP contribution in [0, 0.1) is 0 Å². The Kier molecular flexibility index (Phi) is 16.7. The normalized spacial score (nSPS) is 16.8. The van der Waals surface area contributed by atoms with Crippen LogP contribution in [0.5, 0.6) is 5.75 Å². The maximum atomic E-state index is 11.1. The van der Waals surface area contributed by atoms with E-state index in [-0.39, 0.29) is 71.5 Å². The Morgan fingerprint density at radius 3 is 2.42 bits per heavy atom. The van der Waals surface area contributed by atoms with Gasteiger partial charge in [0.2, 0.25) is 0 Å². The van der Waals surface area contributed by atoms with Crippen molar-refractivity contribution >= 4 is 86.7 Å². The quantitative estimate of drug-likeness (QED) is 0.249. The van der Waals surface area contributed by atoms with Gasteiger partial charge < -0.3 is 29.4 Å². The Hall–Kier alpha value is 1.63. The average Bonchev–Trinajstić information content (AvgIpc) is 2.46. The van der Waals surface area contributed by atoms with Gasteiger partial charge in [-0.3, -0.25) is 9.13 Å². The van der Waals surface area contributed by atoms with Crippen molar-refractivity contribution in [2.24, 2.45) is 0 Å². The molecule has 5 N–H and O–H groups in total. The molecule has 26 heavy (non-hydrogen) atoms. The van der Waals surface area contributed by atoms with Gasteiger partial charge in [0.05, 0.1) is 6.61 Å². The number of aliphatic hydroxyl groups excluding tert-OH is 1. The molecule has 2 rings (SSSR count). The molecule has 0 aliphatic carbocycles. The number of fused-ring (bicyclic) bond motifs is 1. The zero-order valence-corrected chi connectivity index (χ0v) is 15.7. The van der Waals surface area contributed by atoms with E-state index >= 15 is 0 Å². The van der Waals surface area contributed by atoms with Gasteiger partial charge in [0.1, 0.15) is 5.75 Å². The van der Waals surface area contributed by atoms with E-state index in [1.54, 1.807) is 11.8 Å². The Morgan fingerprint density at radius 1 is 1.35 bits per heavy atom. The molecular weight excluding hydrogens is 424 g/mol. The van der Waals surface area contributed by atoms with Crippen molar-refractivity contribution in [1.82, 2.24) is 0 Å². The molecule has 0 fully saturated rings. The van der Waals surface area contributed by atoms with Crippen LogP contribution in [0.2, 0.25) is 0 Å². The number of benzene rings is 1. The Balaban J connectivity index is 0. The summed E-state index contributed by atoms with van der Waals surface area (Å²) in [5.74, 6) is -0.0307. The standard InChI is InChI=1S/C13H19O5PS.2Na.H3O3P.2H/c1-2-20-11-5-3-4-10-13(11)9(6-7-18-10)8-12(14)19(15,16)17;;;1-4(2)3;;/h3-5,9,12,14H,2,6-8H2,1H3,(H2,15,16,17);;;4H,(H2,1,2,3);;. The van der Waals surface area contributed by atoms with Crippen molar-refractivity contribution in [3.05, 3.63) is 23.8 Å². The molecule has 0 saturated carbocycles. The second-order valence-electron chi connectivity index (χ2n) is 5.02. The molecule has 0 saturated heterocycles. The van der Waals surface area contributed by atoms with E-state index in [9.17, 15) is 9.67 Å². The third kappa shape index (κ3) is 10.4. The van der Waals surface area contributed by atoms with Gasteiger partial charge in [0, 0.05) is 10.5 Å². The van der Waals surface area contributed by atoms with E-state index < -0.39 is 21.7 Å². The topological polar surface area (TPSA) is 145 Å². The number of aliphatic hydroxyl groups is 1. The van der Waals surface area contributed by atoms with Crippen molar-refractivity contribution in [2.45, 2.75) is 36.4 Å². The third-order valence-electron chi connectivity index (χ3n) is 3.34. The second kappa shape index (κ2) is 14.6. The molecule has 13 heteroatoms. The molecule has 1 aliphatic rings. The molecule has 0 amide bonds. The van der Waals surface area contributed by atoms with Crippen molar-refractivity contribution in [1.29, 1.82) is 0 Å². The molecule has 0 aromatic heterocycles. The van der Waals surface area contributed by atoms with Crippen LogP contribution < -0.4 is 4.74 Å². The number of rotatable bonds is 5. The predicted octanol–water partition coefficient (Wildman–Crippen LogP) is 0.615. The van der Waals surface area contributed by atoms with Crippen molar-refractivity contribution in [3.8, 4) is 5.75 Å². The van der Waals surface area contributed by atoms with E-state index in [0.29, 0.717) is 13.0 Å². The first kappa shape index (κ1) is 29.8. The van der Waals surface area contributed by atoms with Gasteiger partial charge in [-0.05, 0) is 36.6 Å². The van der Waals surface area contributed by atoms with Gasteiger partial charge in [-0.1, -0.05) is 13.0 Å². The first-order valence-corrected chi connectivity index (χ1v) is 11.2. The van der Waals surface area contributed by atoms with Crippen LogP contribution in [0.1, 0.15) is 31.2 Å². The summed E-state index contributed by atoms with van der Waals surface area (Å²) in [5, 5.41) is 9.67. The molecule has 2 atom stereocenters. The van der Waals surface area contributed by atoms with Crippen molar-refractivity contribution < 1.29 is 38.5 Å². The summed E-state index contributed by atoms with van der Waals surface area (Å²) in [6, 6.07) is 5.77. The van der Waals surface area contributed by atoms with Gasteiger partial charge in [-0.15, -0.1) is 11.8 Å². The summed E-state index contributed by atoms with van der Waals surface area (Å²) in [5.41, 5.74) is 0.970. The van der Waals surface area contributed by atoms with Gasteiger partial charge in [-0.2, -0.15) is 0 Å². The van der Waals surface area contributed by atoms with Crippen LogP contribution in [-0.2, 0) is 9.13 Å². The summed E-state index contributed by atoms with van der Waals surface area (Å²) in [4.78, 5) is 33.5. The Labute approximate surface area is 201 Å². The van der Waals surface area contributed by atoms with Gasteiger partial charge >= 0.3 is 75.0 Å². The zero-order chi connectivity index (χ0) is 18.3. The minimum atomic E-state index is -4.46. The number of hydrogen-bond donors (Lipinski definition) is 5. The molecule has 1 aliphatic heterocycles. The number of ether oxygens (including phenoxy) is 1. The van der Waals surface area contributed by atoms with Crippen LogP contribution in [0.25, 0.3) is 0 Å². The minimum absolute atomic E-state index is 0. The molecule has 2 unspecified atom stereocenters. The summed E-state index contributed by atoms with van der Waals surface area (Å²) in [6.45, 7) is 2.55. The van der Waals surface area contributed by atoms with Crippen molar-refractivity contribution in [2.75, 3.05) is 12.4 Å². The monoisotopic (exact) mass is 448 g/mol. The van der Waals surface area contributed by atoms with Gasteiger partial charge in [0.15, 0.2) is 5.85 Å². The van der Waals surface area contributed by atoms with Crippen molar-refractivity contribution in [3.63, 3.8) is 0 Å². The van der Waals surface area contributed by atoms with E-state index in [0.717, 1.165) is 22.0 Å². The van der Waals surface area contributed by atoms with Crippen LogP contribution in [0.4, 0.5) is 0 Å². The average molecular weight is 448 g/mol. The molecule has 1 aromatic carbocycles. The number of hydrogen-bond acceptors (Lipinski definition) is 5. The summed E-state index contributed by atoms with van der Waals surface area (Å²) < 4.78 is 25.5. The van der Waals surface area contributed by atoms with Crippen LogP contribution in [0.15, 0.2) is 23.1 Å². The Bertz CT molecular complexity index is 612. The zero-order valence-electron chi connectivity index (χ0n) is 13.0. The van der Waals surface area contributed by atoms with E-state index in [4.69, 9.17) is 28.9 Å². The molecule has 0 spiro atoms. The van der Waals surface area contributed by atoms with Crippen LogP contribution in [-0.4, -0.2) is 102 Å². The SMILES string of the molecule is CCSc1cccc2c1C(CC(O)P(=O)(O)O)CCO2.O=[PH](O)O.[NaH].[NaH]. The number of thioether (sulfide) groups is 1. The Morgan fingerprint density at radius 2 is 1.92 bits per heavy atom. The summed E-state index contributed by atoms with van der Waals surface area (Å²) >= 11 is 1.67. The predicted molar refractivity (Wildman–Crippen MR) is 106 cm³/mol. The second-order valence-corrected chi connectivity index (χ2v) is 8.67. The molecular formula is C13H24Na2O8P2S. The maximum absolute atomic E-state index is 11.1. The fraction of sp³-hybridized carbons (Fsp3) is 0.538. The fourth-order valence-electron chi connectivity index (χ4n) is 2.42. The molecule has 1 heterocycles. The molecule has 0 bridgehead atoms. The van der Waals surface area contributed by atoms with E-state index in [2.05, 4.69) is 0 Å². The first-order valence-electron chi connectivity index (χ1n) is 7.20. The van der Waals surface area contributed by atoms with Gasteiger partial charge in [-0.25, -0.2) is 0 Å². The van der Waals surface area contributed by atoms with Gasteiger partial charge in [0.25, 0.3) is 0 Å². The third-order valence-corrected chi connectivity index (χ3v) is 5.28. The van der Waals surface area contributed by atoms with Crippen LogP contribution >= 0.6 is 27.6 Å². The van der Waals surface area contributed by atoms with Crippen LogP contribution in [0.3, 0.4) is 0 Å². The summed E-state index contributed by atoms with van der Waals surface area (Å²) in [6.07, 6.45) is 0.716. The van der Waals surface area contributed by atoms with E-state index in [1.165, 1.54) is 0 Å². The summed E-state index contributed by atoms with van der Waals surface area (Å²) in [7, 11) is -7.59. The molecule has 8 nitrogen and oxygen atoms in total. The molecule has 0 radical (unpaired) electrons. The first-order chi connectivity index (χ1) is 11.2. The van der Waals surface area contributed by atoms with E-state index in [1.807, 2.05) is 25.1 Å². The molecule has 1 aromatic rings. The molecule has 142 valence electrons.